The molecule has 2 rings (SSSR count). The van der Waals surface area contributed by atoms with Crippen LogP contribution in [0, 0.1) is 17.8 Å². The maximum atomic E-state index is 3.79. The van der Waals surface area contributed by atoms with Gasteiger partial charge in [0.1, 0.15) is 0 Å². The summed E-state index contributed by atoms with van der Waals surface area (Å²) in [5, 5.41) is 3.79. The molecule has 0 aromatic carbocycles. The highest BCUT2D eigenvalue weighted by molar-refractivity contribution is 4.90. The molecule has 0 spiro atoms. The van der Waals surface area contributed by atoms with E-state index < -0.39 is 0 Å². The highest BCUT2D eigenvalue weighted by atomic mass is 15.2. The van der Waals surface area contributed by atoms with Crippen molar-refractivity contribution >= 4 is 0 Å². The van der Waals surface area contributed by atoms with Gasteiger partial charge in [-0.2, -0.15) is 0 Å². The minimum absolute atomic E-state index is 0.698. The number of hydrogen-bond acceptors (Lipinski definition) is 3. The molecule has 1 N–H and O–H groups in total. The summed E-state index contributed by atoms with van der Waals surface area (Å²) in [4.78, 5) is 5.29. The van der Waals surface area contributed by atoms with E-state index in [1.165, 1.54) is 45.6 Å². The predicted octanol–water partition coefficient (Wildman–Crippen LogP) is 2.28. The third-order valence-electron chi connectivity index (χ3n) is 5.05. The van der Waals surface area contributed by atoms with E-state index in [1.54, 1.807) is 0 Å². The normalized spacial score (nSPS) is 33.5. The van der Waals surface area contributed by atoms with Crippen molar-refractivity contribution in [2.24, 2.45) is 17.8 Å². The Bertz CT molecular complexity index is 290. The Hall–Kier alpha value is -0.120. The molecule has 0 aromatic heterocycles. The lowest BCUT2D eigenvalue weighted by Gasteiger charge is -2.44. The monoisotopic (exact) mass is 281 g/mol. The molecule has 0 saturated carbocycles. The van der Waals surface area contributed by atoms with E-state index in [9.17, 15) is 0 Å². The molecule has 20 heavy (non-hydrogen) atoms. The van der Waals surface area contributed by atoms with Gasteiger partial charge in [-0.05, 0) is 44.2 Å². The average molecular weight is 281 g/mol. The highest BCUT2D eigenvalue weighted by Crippen LogP contribution is 2.23. The van der Waals surface area contributed by atoms with Gasteiger partial charge in [-0.3, -0.25) is 4.90 Å². The molecule has 0 amide bonds. The van der Waals surface area contributed by atoms with Gasteiger partial charge in [0.2, 0.25) is 0 Å². The first-order valence-corrected chi connectivity index (χ1v) is 8.61. The largest absolute Gasteiger partial charge is 0.311 e. The Labute approximate surface area is 126 Å². The van der Waals surface area contributed by atoms with Crippen molar-refractivity contribution in [3.8, 4) is 0 Å². The Balaban J connectivity index is 1.92. The molecular weight excluding hydrogens is 246 g/mol. The first-order chi connectivity index (χ1) is 9.45. The molecule has 0 radical (unpaired) electrons. The molecule has 3 nitrogen and oxygen atoms in total. The molecule has 2 heterocycles. The second kappa shape index (κ2) is 7.24. The molecule has 2 aliphatic rings. The van der Waals surface area contributed by atoms with Crippen LogP contribution in [0.1, 0.15) is 40.5 Å². The van der Waals surface area contributed by atoms with E-state index in [1.807, 2.05) is 0 Å². The van der Waals surface area contributed by atoms with Crippen LogP contribution in [0.5, 0.6) is 0 Å². The summed E-state index contributed by atoms with van der Waals surface area (Å²) in [7, 11) is 2.26. The molecule has 3 atom stereocenters. The van der Waals surface area contributed by atoms with Crippen LogP contribution in [0.3, 0.4) is 0 Å². The fourth-order valence-corrected chi connectivity index (χ4v) is 4.00. The Morgan fingerprint density at radius 3 is 2.45 bits per heavy atom. The second-order valence-electron chi connectivity index (χ2n) is 7.92. The van der Waals surface area contributed by atoms with Crippen LogP contribution in [-0.4, -0.2) is 61.7 Å². The predicted molar refractivity (Wildman–Crippen MR) is 87.0 cm³/mol. The summed E-state index contributed by atoms with van der Waals surface area (Å²) < 4.78 is 0. The number of rotatable bonds is 5. The van der Waals surface area contributed by atoms with Crippen molar-refractivity contribution in [1.29, 1.82) is 0 Å². The molecule has 0 aliphatic carbocycles. The minimum atomic E-state index is 0.698. The summed E-state index contributed by atoms with van der Waals surface area (Å²) in [5.41, 5.74) is 0. The van der Waals surface area contributed by atoms with E-state index in [-0.39, 0.29) is 0 Å². The molecule has 3 heteroatoms. The van der Waals surface area contributed by atoms with E-state index in [4.69, 9.17) is 0 Å². The lowest BCUT2D eigenvalue weighted by Crippen LogP contribution is -2.59. The number of nitrogens with one attached hydrogen (secondary N) is 1. The van der Waals surface area contributed by atoms with Gasteiger partial charge in [0.05, 0.1) is 0 Å². The molecular formula is C17H35N3. The minimum Gasteiger partial charge on any atom is -0.311 e. The zero-order chi connectivity index (χ0) is 14.7. The Kier molecular flexibility index (Phi) is 5.88. The van der Waals surface area contributed by atoms with E-state index in [0.29, 0.717) is 6.04 Å². The van der Waals surface area contributed by atoms with Crippen LogP contribution in [0.4, 0.5) is 0 Å². The van der Waals surface area contributed by atoms with Crippen molar-refractivity contribution in [3.63, 3.8) is 0 Å². The maximum absolute atomic E-state index is 3.79. The van der Waals surface area contributed by atoms with Gasteiger partial charge in [-0.25, -0.2) is 0 Å². The van der Waals surface area contributed by atoms with Crippen molar-refractivity contribution in [1.82, 2.24) is 15.1 Å². The molecule has 0 aromatic rings. The van der Waals surface area contributed by atoms with Crippen molar-refractivity contribution in [3.05, 3.63) is 0 Å². The number of piperazine rings is 1. The molecule has 118 valence electrons. The van der Waals surface area contributed by atoms with Gasteiger partial charge in [0.25, 0.3) is 0 Å². The summed E-state index contributed by atoms with van der Waals surface area (Å²) in [5.74, 6) is 2.43. The molecule has 2 fully saturated rings. The topological polar surface area (TPSA) is 18.5 Å². The van der Waals surface area contributed by atoms with Crippen LogP contribution in [0.2, 0.25) is 0 Å². The highest BCUT2D eigenvalue weighted by Gasteiger charge is 2.32. The third-order valence-corrected chi connectivity index (χ3v) is 5.05. The first kappa shape index (κ1) is 16.3. The average Bonchev–Trinajstić information content (AvgIpc) is 2.73. The van der Waals surface area contributed by atoms with Crippen molar-refractivity contribution in [2.45, 2.75) is 52.6 Å². The maximum Gasteiger partial charge on any atom is 0.0244 e. The lowest BCUT2D eigenvalue weighted by atomic mass is 9.93. The standard InChI is InChI=1S/C17H35N3/c1-13(2)8-16-12-20(17(9-18-16)14(3)4)11-15-6-7-19(5)10-15/h13-18H,6-12H2,1-5H3. The summed E-state index contributed by atoms with van der Waals surface area (Å²) in [6.07, 6.45) is 2.70. The smallest absolute Gasteiger partial charge is 0.0244 e. The Morgan fingerprint density at radius 2 is 1.90 bits per heavy atom. The number of likely N-dealkylation sites (tertiary alicyclic amines) is 1. The van der Waals surface area contributed by atoms with E-state index >= 15 is 0 Å². The van der Waals surface area contributed by atoms with Crippen LogP contribution in [0.15, 0.2) is 0 Å². The fourth-order valence-electron chi connectivity index (χ4n) is 4.00. The molecule has 3 unspecified atom stereocenters. The van der Waals surface area contributed by atoms with Gasteiger partial charge in [0.15, 0.2) is 0 Å². The fraction of sp³-hybridized carbons (Fsp3) is 1.00. The van der Waals surface area contributed by atoms with Gasteiger partial charge in [0, 0.05) is 38.3 Å². The number of hydrogen-bond donors (Lipinski definition) is 1. The number of nitrogens with zero attached hydrogens (tertiary/aromatic N) is 2. The van der Waals surface area contributed by atoms with Crippen LogP contribution < -0.4 is 5.32 Å². The molecule has 2 aliphatic heterocycles. The van der Waals surface area contributed by atoms with Crippen molar-refractivity contribution < 1.29 is 0 Å². The molecule has 2 saturated heterocycles. The summed E-state index contributed by atoms with van der Waals surface area (Å²) in [6, 6.07) is 1.42. The second-order valence-corrected chi connectivity index (χ2v) is 7.92. The zero-order valence-corrected chi connectivity index (χ0v) is 14.2. The first-order valence-electron chi connectivity index (χ1n) is 8.61. The van der Waals surface area contributed by atoms with Gasteiger partial charge < -0.3 is 10.2 Å². The van der Waals surface area contributed by atoms with Crippen LogP contribution >= 0.6 is 0 Å². The van der Waals surface area contributed by atoms with E-state index in [0.717, 1.165) is 23.8 Å². The summed E-state index contributed by atoms with van der Waals surface area (Å²) >= 11 is 0. The van der Waals surface area contributed by atoms with Gasteiger partial charge in [-0.1, -0.05) is 27.7 Å². The van der Waals surface area contributed by atoms with E-state index in [2.05, 4.69) is 49.9 Å². The quantitative estimate of drug-likeness (QED) is 0.834. The van der Waals surface area contributed by atoms with Crippen molar-refractivity contribution in [2.75, 3.05) is 39.8 Å². The van der Waals surface area contributed by atoms with Gasteiger partial charge >= 0.3 is 0 Å². The van der Waals surface area contributed by atoms with Crippen LogP contribution in [-0.2, 0) is 0 Å². The third kappa shape index (κ3) is 4.44. The molecule has 0 bridgehead atoms. The van der Waals surface area contributed by atoms with Gasteiger partial charge in [-0.15, -0.1) is 0 Å². The lowest BCUT2D eigenvalue weighted by molar-refractivity contribution is 0.0773. The van der Waals surface area contributed by atoms with Crippen LogP contribution in [0.25, 0.3) is 0 Å². The summed E-state index contributed by atoms with van der Waals surface area (Å²) in [6.45, 7) is 15.8. The zero-order valence-electron chi connectivity index (χ0n) is 14.2. The Morgan fingerprint density at radius 1 is 1.15 bits per heavy atom. The SMILES string of the molecule is CC(C)CC1CN(CC2CCN(C)C2)C(C(C)C)CN1.